The first-order valence-corrected chi connectivity index (χ1v) is 11.3. The van der Waals surface area contributed by atoms with Crippen molar-refractivity contribution in [1.29, 1.82) is 0 Å². The Kier molecular flexibility index (Phi) is 8.37. The number of halogens is 3. The lowest BCUT2D eigenvalue weighted by molar-refractivity contribution is -0.137. The summed E-state index contributed by atoms with van der Waals surface area (Å²) in [5.74, 6) is 0.279. The van der Waals surface area contributed by atoms with E-state index >= 15 is 0 Å². The molecule has 33 heavy (non-hydrogen) atoms. The van der Waals surface area contributed by atoms with Crippen LogP contribution in [0.4, 0.5) is 23.7 Å². The zero-order valence-electron chi connectivity index (χ0n) is 19.1. The molecule has 0 aliphatic carbocycles. The minimum absolute atomic E-state index is 0.0769. The van der Waals surface area contributed by atoms with Crippen molar-refractivity contribution >= 4 is 11.7 Å². The van der Waals surface area contributed by atoms with Crippen LogP contribution in [-0.4, -0.2) is 60.3 Å². The highest BCUT2D eigenvalue weighted by molar-refractivity contribution is 5.90. The first-order valence-electron chi connectivity index (χ1n) is 11.3. The van der Waals surface area contributed by atoms with E-state index in [0.717, 1.165) is 38.1 Å². The van der Waals surface area contributed by atoms with E-state index in [1.54, 1.807) is 4.90 Å². The van der Waals surface area contributed by atoms with Crippen molar-refractivity contribution in [2.24, 2.45) is 11.8 Å². The molecule has 0 spiro atoms. The normalized spacial score (nSPS) is 20.9. The lowest BCUT2D eigenvalue weighted by Crippen LogP contribution is -2.45. The monoisotopic (exact) mass is 463 g/mol. The number of hydrogen-bond donors (Lipinski definition) is 2. The second-order valence-electron chi connectivity index (χ2n) is 8.74. The fraction of sp³-hybridized carbons (Fsp3) is 0.480. The molecular formula is C25H32F3N3O2. The van der Waals surface area contributed by atoms with Crippen molar-refractivity contribution in [2.75, 3.05) is 38.6 Å². The van der Waals surface area contributed by atoms with Crippen LogP contribution in [0, 0.1) is 11.8 Å². The number of amides is 2. The molecule has 8 heteroatoms. The van der Waals surface area contributed by atoms with Crippen molar-refractivity contribution in [2.45, 2.75) is 32.0 Å². The number of aliphatic hydroxyl groups excluding tert-OH is 1. The van der Waals surface area contributed by atoms with Gasteiger partial charge in [0.2, 0.25) is 0 Å². The maximum absolute atomic E-state index is 13.0. The Morgan fingerprint density at radius 3 is 2.55 bits per heavy atom. The summed E-state index contributed by atoms with van der Waals surface area (Å²) in [7, 11) is 2.04. The van der Waals surface area contributed by atoms with Crippen molar-refractivity contribution in [3.8, 4) is 0 Å². The number of rotatable bonds is 8. The molecule has 1 aliphatic heterocycles. The smallest absolute Gasteiger partial charge is 0.394 e. The Labute approximate surface area is 193 Å². The second-order valence-corrected chi connectivity index (χ2v) is 8.74. The molecule has 3 atom stereocenters. The van der Waals surface area contributed by atoms with Crippen LogP contribution in [0.3, 0.4) is 0 Å². The van der Waals surface area contributed by atoms with Gasteiger partial charge in [-0.2, -0.15) is 13.2 Å². The van der Waals surface area contributed by atoms with Crippen LogP contribution < -0.4 is 5.32 Å². The number of likely N-dealkylation sites (tertiary alicyclic amines) is 1. The largest absolute Gasteiger partial charge is 0.416 e. The van der Waals surface area contributed by atoms with Gasteiger partial charge in [-0.1, -0.05) is 49.7 Å². The SMILES string of the molecule is CC[C@@H]1CN(C(=O)Nc2cccc(C(F)(F)F)c2)[C@H](CO)[C@@H]1CN(C)CCc1ccccc1. The van der Waals surface area contributed by atoms with E-state index in [1.807, 2.05) is 25.2 Å². The average molecular weight is 464 g/mol. The summed E-state index contributed by atoms with van der Waals surface area (Å²) in [6.45, 7) is 3.91. The summed E-state index contributed by atoms with van der Waals surface area (Å²) < 4.78 is 39.0. The van der Waals surface area contributed by atoms with Gasteiger partial charge in [0.05, 0.1) is 18.2 Å². The topological polar surface area (TPSA) is 55.8 Å². The van der Waals surface area contributed by atoms with Crippen molar-refractivity contribution < 1.29 is 23.1 Å². The van der Waals surface area contributed by atoms with Gasteiger partial charge in [-0.25, -0.2) is 4.79 Å². The lowest BCUT2D eigenvalue weighted by atomic mass is 9.88. The summed E-state index contributed by atoms with van der Waals surface area (Å²) in [6.07, 6.45) is -2.73. The lowest BCUT2D eigenvalue weighted by Gasteiger charge is -2.30. The fourth-order valence-electron chi connectivity index (χ4n) is 4.62. The highest BCUT2D eigenvalue weighted by atomic mass is 19.4. The molecule has 0 radical (unpaired) electrons. The number of likely N-dealkylation sites (N-methyl/N-ethyl adjacent to an activating group) is 1. The number of anilines is 1. The molecular weight excluding hydrogens is 431 g/mol. The summed E-state index contributed by atoms with van der Waals surface area (Å²) >= 11 is 0. The number of hydrogen-bond acceptors (Lipinski definition) is 3. The first kappa shape index (κ1) is 25.1. The number of carbonyl (C=O) groups is 1. The third kappa shape index (κ3) is 6.48. The molecule has 180 valence electrons. The molecule has 2 aromatic carbocycles. The Morgan fingerprint density at radius 1 is 1.18 bits per heavy atom. The summed E-state index contributed by atoms with van der Waals surface area (Å²) in [6, 6.07) is 13.9. The molecule has 2 amide bonds. The zero-order chi connectivity index (χ0) is 24.0. The Hall–Kier alpha value is -2.58. The zero-order valence-corrected chi connectivity index (χ0v) is 19.1. The third-order valence-electron chi connectivity index (χ3n) is 6.49. The third-order valence-corrected chi connectivity index (χ3v) is 6.49. The van der Waals surface area contributed by atoms with E-state index in [0.29, 0.717) is 6.54 Å². The van der Waals surface area contributed by atoms with E-state index < -0.39 is 17.8 Å². The Bertz CT molecular complexity index is 907. The van der Waals surface area contributed by atoms with Gasteiger partial charge in [0.15, 0.2) is 0 Å². The number of benzene rings is 2. The predicted octanol–water partition coefficient (Wildman–Crippen LogP) is 4.73. The van der Waals surface area contributed by atoms with Crippen LogP contribution in [0.15, 0.2) is 54.6 Å². The highest BCUT2D eigenvalue weighted by Crippen LogP contribution is 2.34. The van der Waals surface area contributed by atoms with Crippen LogP contribution in [0.2, 0.25) is 0 Å². The molecule has 5 nitrogen and oxygen atoms in total. The number of nitrogens with one attached hydrogen (secondary N) is 1. The summed E-state index contributed by atoms with van der Waals surface area (Å²) in [5.41, 5.74) is 0.524. The van der Waals surface area contributed by atoms with Crippen molar-refractivity contribution in [1.82, 2.24) is 9.80 Å². The van der Waals surface area contributed by atoms with Crippen LogP contribution in [-0.2, 0) is 12.6 Å². The number of nitrogens with zero attached hydrogens (tertiary/aromatic N) is 2. The number of carbonyl (C=O) groups excluding carboxylic acids is 1. The van der Waals surface area contributed by atoms with Crippen molar-refractivity contribution in [3.05, 3.63) is 65.7 Å². The number of alkyl halides is 3. The van der Waals surface area contributed by atoms with Gasteiger partial charge in [-0.05, 0) is 49.1 Å². The summed E-state index contributed by atoms with van der Waals surface area (Å²) in [5, 5.41) is 12.7. The fourth-order valence-corrected chi connectivity index (χ4v) is 4.62. The standard InChI is InChI=1S/C25H32F3N3O2/c1-3-19-15-31(24(33)29-21-11-7-10-20(14-21)25(26,27)28)23(17-32)22(19)16-30(2)13-12-18-8-5-4-6-9-18/h4-11,14,19,22-23,32H,3,12-13,15-17H2,1-2H3,(H,29,33)/t19-,22-,23-/m1/s1. The molecule has 1 aliphatic rings. The minimum atomic E-state index is -4.48. The van der Waals surface area contributed by atoms with E-state index in [-0.39, 0.29) is 30.2 Å². The molecule has 1 saturated heterocycles. The predicted molar refractivity (Wildman–Crippen MR) is 123 cm³/mol. The van der Waals surface area contributed by atoms with E-state index in [2.05, 4.69) is 29.3 Å². The van der Waals surface area contributed by atoms with Crippen LogP contribution in [0.25, 0.3) is 0 Å². The molecule has 0 bridgehead atoms. The summed E-state index contributed by atoms with van der Waals surface area (Å²) in [4.78, 5) is 16.8. The van der Waals surface area contributed by atoms with Gasteiger partial charge in [0, 0.05) is 25.3 Å². The van der Waals surface area contributed by atoms with E-state index in [9.17, 15) is 23.1 Å². The van der Waals surface area contributed by atoms with Crippen molar-refractivity contribution in [3.63, 3.8) is 0 Å². The molecule has 0 aromatic heterocycles. The van der Waals surface area contributed by atoms with Gasteiger partial charge in [0.1, 0.15) is 0 Å². The van der Waals surface area contributed by atoms with Gasteiger partial charge in [0.25, 0.3) is 0 Å². The first-order chi connectivity index (χ1) is 15.7. The van der Waals surface area contributed by atoms with Gasteiger partial charge >= 0.3 is 12.2 Å². The maximum Gasteiger partial charge on any atom is 0.416 e. The van der Waals surface area contributed by atoms with E-state index in [4.69, 9.17) is 0 Å². The van der Waals surface area contributed by atoms with Gasteiger partial charge in [-0.15, -0.1) is 0 Å². The van der Waals surface area contributed by atoms with Gasteiger partial charge in [-0.3, -0.25) is 0 Å². The molecule has 2 aromatic rings. The van der Waals surface area contributed by atoms with Crippen LogP contribution >= 0.6 is 0 Å². The Morgan fingerprint density at radius 2 is 1.91 bits per heavy atom. The number of aliphatic hydroxyl groups is 1. The van der Waals surface area contributed by atoms with Gasteiger partial charge < -0.3 is 20.2 Å². The Balaban J connectivity index is 1.65. The highest BCUT2D eigenvalue weighted by Gasteiger charge is 2.43. The quantitative estimate of drug-likeness (QED) is 0.595. The number of urea groups is 1. The molecule has 2 N–H and O–H groups in total. The molecule has 1 fully saturated rings. The van der Waals surface area contributed by atoms with Crippen LogP contribution in [0.1, 0.15) is 24.5 Å². The molecule has 0 saturated carbocycles. The minimum Gasteiger partial charge on any atom is -0.394 e. The molecule has 1 heterocycles. The molecule has 3 rings (SSSR count). The maximum atomic E-state index is 13.0. The second kappa shape index (κ2) is 11.0. The van der Waals surface area contributed by atoms with Crippen LogP contribution in [0.5, 0.6) is 0 Å². The average Bonchev–Trinajstić information content (AvgIpc) is 3.15. The molecule has 0 unspecified atom stereocenters. The van der Waals surface area contributed by atoms with E-state index in [1.165, 1.54) is 17.7 Å².